The summed E-state index contributed by atoms with van der Waals surface area (Å²) in [4.78, 5) is 0. The van der Waals surface area contributed by atoms with Crippen molar-refractivity contribution in [2.75, 3.05) is 15.2 Å². The van der Waals surface area contributed by atoms with E-state index in [0.717, 1.165) is 0 Å². The van der Waals surface area contributed by atoms with E-state index < -0.39 is 20.0 Å². The molecule has 1 aromatic rings. The Balaban J connectivity index is 3.44. The Kier molecular flexibility index (Phi) is 4.16. The minimum atomic E-state index is -3.85. The highest BCUT2D eigenvalue weighted by atomic mass is 32.3. The van der Waals surface area contributed by atoms with Crippen LogP contribution in [0.1, 0.15) is 13.8 Å². The summed E-state index contributed by atoms with van der Waals surface area (Å²) in [6.45, 7) is 2.81. The highest BCUT2D eigenvalue weighted by Gasteiger charge is 2.31. The lowest BCUT2D eigenvalue weighted by Gasteiger charge is -2.22. The molecule has 0 amide bonds. The van der Waals surface area contributed by atoms with Crippen LogP contribution in [0.15, 0.2) is 24.3 Å². The molecule has 1 aromatic carbocycles. The molecule has 0 saturated heterocycles. The molecule has 0 aromatic heterocycles. The predicted octanol–water partition coefficient (Wildman–Crippen LogP) is 0.993. The number of rotatable bonds is 5. The molecule has 7 heteroatoms. The zero-order valence-electron chi connectivity index (χ0n) is 9.62. The summed E-state index contributed by atoms with van der Waals surface area (Å²) >= 11 is 0. The third-order valence-electron chi connectivity index (χ3n) is 2.15. The molecule has 1 rings (SSSR count). The lowest BCUT2D eigenvalue weighted by molar-refractivity contribution is 0.585. The second-order valence-corrected chi connectivity index (χ2v) is 7.70. The van der Waals surface area contributed by atoms with Crippen LogP contribution in [-0.4, -0.2) is 28.3 Å². The Hall–Kier alpha value is -1.08. The van der Waals surface area contributed by atoms with Gasteiger partial charge in [0.15, 0.2) is 0 Å². The predicted molar refractivity (Wildman–Crippen MR) is 66.7 cm³/mol. The van der Waals surface area contributed by atoms with Gasteiger partial charge in [0, 0.05) is 0 Å². The van der Waals surface area contributed by atoms with E-state index in [2.05, 4.69) is 6.07 Å². The van der Waals surface area contributed by atoms with Crippen LogP contribution in [0.5, 0.6) is 0 Å². The second-order valence-electron chi connectivity index (χ2n) is 3.26. The van der Waals surface area contributed by atoms with Gasteiger partial charge in [-0.05, 0) is 32.0 Å². The number of anilines is 1. The van der Waals surface area contributed by atoms with Gasteiger partial charge in [0.05, 0.1) is 17.2 Å². The van der Waals surface area contributed by atoms with Crippen LogP contribution in [0.4, 0.5) is 5.69 Å². The molecule has 0 aliphatic heterocycles. The standard InChI is InChI=1S/C10H14NO4S2/c1-3-16(12,13)11(17(14,15)4-2)10-8-6-5-7-9-10/h6-9H,3-4H2,1-2H3. The molecular formula is C10H14NO4S2. The molecule has 0 bridgehead atoms. The first kappa shape index (κ1) is 14.0. The molecule has 5 nitrogen and oxygen atoms in total. The van der Waals surface area contributed by atoms with E-state index in [0.29, 0.717) is 3.71 Å². The van der Waals surface area contributed by atoms with Crippen LogP contribution in [0.2, 0.25) is 0 Å². The second kappa shape index (κ2) is 5.05. The van der Waals surface area contributed by atoms with Crippen molar-refractivity contribution in [2.24, 2.45) is 0 Å². The van der Waals surface area contributed by atoms with Crippen LogP contribution in [-0.2, 0) is 20.0 Å². The Morgan fingerprint density at radius 1 is 1.00 bits per heavy atom. The molecule has 0 saturated carbocycles. The fourth-order valence-corrected chi connectivity index (χ4v) is 4.60. The minimum Gasteiger partial charge on any atom is -0.205 e. The normalized spacial score (nSPS) is 12.4. The van der Waals surface area contributed by atoms with E-state index in [1.54, 1.807) is 0 Å². The molecule has 0 atom stereocenters. The van der Waals surface area contributed by atoms with Crippen LogP contribution < -0.4 is 3.71 Å². The number of hydrogen-bond donors (Lipinski definition) is 0. The van der Waals surface area contributed by atoms with Gasteiger partial charge in [-0.3, -0.25) is 0 Å². The highest BCUT2D eigenvalue weighted by Crippen LogP contribution is 2.22. The van der Waals surface area contributed by atoms with Crippen molar-refractivity contribution < 1.29 is 16.8 Å². The van der Waals surface area contributed by atoms with Crippen molar-refractivity contribution >= 4 is 25.7 Å². The first-order chi connectivity index (χ1) is 7.85. The van der Waals surface area contributed by atoms with E-state index in [4.69, 9.17) is 0 Å². The molecular weight excluding hydrogens is 262 g/mol. The van der Waals surface area contributed by atoms with Gasteiger partial charge in [-0.2, -0.15) is 3.71 Å². The number of nitrogens with zero attached hydrogens (tertiary/aromatic N) is 1. The molecule has 0 spiro atoms. The summed E-state index contributed by atoms with van der Waals surface area (Å²) in [6, 6.07) is 8.46. The first-order valence-electron chi connectivity index (χ1n) is 5.07. The average molecular weight is 276 g/mol. The molecule has 0 N–H and O–H groups in total. The fraction of sp³-hybridized carbons (Fsp3) is 0.400. The zero-order chi connectivity index (χ0) is 13.1. The molecule has 0 aliphatic carbocycles. The van der Waals surface area contributed by atoms with Gasteiger partial charge < -0.3 is 0 Å². The van der Waals surface area contributed by atoms with Crippen molar-refractivity contribution in [3.63, 3.8) is 0 Å². The molecule has 1 radical (unpaired) electrons. The third kappa shape index (κ3) is 2.98. The molecule has 17 heavy (non-hydrogen) atoms. The lowest BCUT2D eigenvalue weighted by atomic mass is 10.3. The van der Waals surface area contributed by atoms with Crippen molar-refractivity contribution in [3.05, 3.63) is 30.3 Å². The number of benzene rings is 1. The van der Waals surface area contributed by atoms with Crippen molar-refractivity contribution in [3.8, 4) is 0 Å². The van der Waals surface area contributed by atoms with E-state index in [9.17, 15) is 16.8 Å². The summed E-state index contributed by atoms with van der Waals surface area (Å²) in [7, 11) is -7.70. The quantitative estimate of drug-likeness (QED) is 0.804. The molecule has 95 valence electrons. The Labute approximate surface area is 102 Å². The van der Waals surface area contributed by atoms with Gasteiger partial charge in [-0.1, -0.05) is 12.1 Å². The van der Waals surface area contributed by atoms with Crippen LogP contribution in [0, 0.1) is 6.07 Å². The van der Waals surface area contributed by atoms with Crippen LogP contribution >= 0.6 is 0 Å². The largest absolute Gasteiger partial charge is 0.247 e. The fourth-order valence-electron chi connectivity index (χ4n) is 1.23. The van der Waals surface area contributed by atoms with Gasteiger partial charge in [0.1, 0.15) is 0 Å². The topological polar surface area (TPSA) is 71.5 Å². The summed E-state index contributed by atoms with van der Waals surface area (Å²) in [5.41, 5.74) is 0.118. The van der Waals surface area contributed by atoms with Crippen LogP contribution in [0.25, 0.3) is 0 Å². The van der Waals surface area contributed by atoms with E-state index >= 15 is 0 Å². The maximum absolute atomic E-state index is 11.8. The third-order valence-corrected chi connectivity index (χ3v) is 6.40. The molecule has 0 heterocycles. The van der Waals surface area contributed by atoms with Gasteiger partial charge in [-0.25, -0.2) is 16.8 Å². The molecule has 0 unspecified atom stereocenters. The SMILES string of the molecule is CCS(=O)(=O)N(c1cc[c]cc1)S(=O)(=O)CC. The van der Waals surface area contributed by atoms with Crippen molar-refractivity contribution in [2.45, 2.75) is 13.8 Å². The highest BCUT2D eigenvalue weighted by molar-refractivity contribution is 8.10. The Morgan fingerprint density at radius 3 is 1.76 bits per heavy atom. The van der Waals surface area contributed by atoms with Gasteiger partial charge in [0.2, 0.25) is 20.0 Å². The van der Waals surface area contributed by atoms with E-state index in [1.807, 2.05) is 0 Å². The maximum atomic E-state index is 11.8. The van der Waals surface area contributed by atoms with Crippen molar-refractivity contribution in [1.82, 2.24) is 0 Å². The number of sulfonamides is 2. The summed E-state index contributed by atoms with van der Waals surface area (Å²) in [5, 5.41) is 0. The molecule has 0 fully saturated rings. The summed E-state index contributed by atoms with van der Waals surface area (Å²) < 4.78 is 47.9. The Morgan fingerprint density at radius 2 is 1.41 bits per heavy atom. The average Bonchev–Trinajstić information content (AvgIpc) is 2.30. The smallest absolute Gasteiger partial charge is 0.205 e. The lowest BCUT2D eigenvalue weighted by Crippen LogP contribution is -2.38. The van der Waals surface area contributed by atoms with Gasteiger partial charge in [0.25, 0.3) is 0 Å². The van der Waals surface area contributed by atoms with Crippen molar-refractivity contribution in [1.29, 1.82) is 0 Å². The van der Waals surface area contributed by atoms with E-state index in [1.165, 1.54) is 38.1 Å². The first-order valence-corrected chi connectivity index (χ1v) is 8.29. The van der Waals surface area contributed by atoms with Crippen LogP contribution in [0.3, 0.4) is 0 Å². The Bertz CT molecular complexity index is 530. The van der Waals surface area contributed by atoms with Gasteiger partial charge >= 0.3 is 0 Å². The van der Waals surface area contributed by atoms with E-state index in [-0.39, 0.29) is 17.2 Å². The zero-order valence-corrected chi connectivity index (χ0v) is 11.3. The summed E-state index contributed by atoms with van der Waals surface area (Å²) in [5.74, 6) is -0.546. The van der Waals surface area contributed by atoms with Gasteiger partial charge in [-0.15, -0.1) is 0 Å². The monoisotopic (exact) mass is 276 g/mol. The molecule has 0 aliphatic rings. The maximum Gasteiger partial charge on any atom is 0.247 e. The minimum absolute atomic E-state index is 0.118. The number of hydrogen-bond acceptors (Lipinski definition) is 4. The summed E-state index contributed by atoms with van der Waals surface area (Å²) in [6.07, 6.45) is 0.